The van der Waals surface area contributed by atoms with Gasteiger partial charge in [-0.2, -0.15) is 0 Å². The van der Waals surface area contributed by atoms with E-state index in [0.717, 1.165) is 28.7 Å². The Morgan fingerprint density at radius 3 is 2.39 bits per heavy atom. The van der Waals surface area contributed by atoms with E-state index in [0.29, 0.717) is 19.6 Å². The molecule has 0 aliphatic heterocycles. The van der Waals surface area contributed by atoms with Crippen molar-refractivity contribution in [2.75, 3.05) is 13.1 Å². The smallest absolute Gasteiger partial charge is 0.254 e. The Morgan fingerprint density at radius 2 is 1.74 bits per heavy atom. The minimum absolute atomic E-state index is 0. The normalized spacial score (nSPS) is 10.0. The van der Waals surface area contributed by atoms with Crippen LogP contribution < -0.4 is 5.73 Å². The molecule has 2 rings (SSSR count). The molecule has 0 atom stereocenters. The van der Waals surface area contributed by atoms with Crippen LogP contribution in [0.5, 0.6) is 0 Å². The van der Waals surface area contributed by atoms with Crippen molar-refractivity contribution in [3.05, 3.63) is 70.8 Å². The topological polar surface area (TPSA) is 46.3 Å². The Kier molecular flexibility index (Phi) is 7.79. The number of hydrogen-bond acceptors (Lipinski definition) is 2. The fraction of sp³-hybridized carbons (Fsp3) is 0.316. The number of hydrogen-bond donors (Lipinski definition) is 1. The van der Waals surface area contributed by atoms with Crippen molar-refractivity contribution in [1.82, 2.24) is 4.90 Å². The summed E-state index contributed by atoms with van der Waals surface area (Å²) in [6.45, 7) is 5.93. The molecule has 0 aromatic heterocycles. The Balaban J connectivity index is 0.00000264. The number of halogens is 1. The summed E-state index contributed by atoms with van der Waals surface area (Å²) in [4.78, 5) is 14.8. The molecule has 0 bridgehead atoms. The maximum absolute atomic E-state index is 12.9. The number of benzene rings is 2. The van der Waals surface area contributed by atoms with Gasteiger partial charge in [0.15, 0.2) is 0 Å². The van der Waals surface area contributed by atoms with E-state index >= 15 is 0 Å². The SMILES string of the molecule is Cc1cccc(C(=O)N(CCCN)Cc2ccccc2)c1C.Cl. The van der Waals surface area contributed by atoms with Crippen molar-refractivity contribution in [3.8, 4) is 0 Å². The molecule has 3 nitrogen and oxygen atoms in total. The molecule has 0 saturated carbocycles. The van der Waals surface area contributed by atoms with Crippen LogP contribution in [0.3, 0.4) is 0 Å². The van der Waals surface area contributed by atoms with Gasteiger partial charge in [0.25, 0.3) is 5.91 Å². The van der Waals surface area contributed by atoms with Gasteiger partial charge in [0, 0.05) is 18.7 Å². The second-order valence-corrected chi connectivity index (χ2v) is 5.60. The largest absolute Gasteiger partial charge is 0.334 e. The average Bonchev–Trinajstić information content (AvgIpc) is 2.54. The van der Waals surface area contributed by atoms with Crippen LogP contribution >= 0.6 is 12.4 Å². The second-order valence-electron chi connectivity index (χ2n) is 5.60. The van der Waals surface area contributed by atoms with Crippen LogP contribution in [0.2, 0.25) is 0 Å². The first-order valence-corrected chi connectivity index (χ1v) is 7.73. The first-order chi connectivity index (χ1) is 10.6. The van der Waals surface area contributed by atoms with Crippen LogP contribution in [0.4, 0.5) is 0 Å². The van der Waals surface area contributed by atoms with E-state index in [9.17, 15) is 4.79 Å². The highest BCUT2D eigenvalue weighted by Gasteiger charge is 2.18. The molecule has 0 aliphatic rings. The third-order valence-corrected chi connectivity index (χ3v) is 3.97. The van der Waals surface area contributed by atoms with Gasteiger partial charge in [-0.1, -0.05) is 42.5 Å². The highest BCUT2D eigenvalue weighted by molar-refractivity contribution is 5.95. The summed E-state index contributed by atoms with van der Waals surface area (Å²) in [5.74, 6) is 0.0819. The standard InChI is InChI=1S/C19H24N2O.ClH/c1-15-8-6-11-18(16(15)2)19(22)21(13-7-12-20)14-17-9-4-3-5-10-17;/h3-6,8-11H,7,12-14,20H2,1-2H3;1H. The molecule has 4 heteroatoms. The van der Waals surface area contributed by atoms with Gasteiger partial charge in [-0.3, -0.25) is 4.79 Å². The quantitative estimate of drug-likeness (QED) is 0.876. The van der Waals surface area contributed by atoms with Gasteiger partial charge >= 0.3 is 0 Å². The van der Waals surface area contributed by atoms with E-state index < -0.39 is 0 Å². The molecule has 2 N–H and O–H groups in total. The number of nitrogens with zero attached hydrogens (tertiary/aromatic N) is 1. The average molecular weight is 333 g/mol. The lowest BCUT2D eigenvalue weighted by Gasteiger charge is -2.24. The predicted molar refractivity (Wildman–Crippen MR) is 98.0 cm³/mol. The summed E-state index contributed by atoms with van der Waals surface area (Å²) in [7, 11) is 0. The lowest BCUT2D eigenvalue weighted by atomic mass is 10.0. The van der Waals surface area contributed by atoms with E-state index in [4.69, 9.17) is 5.73 Å². The zero-order chi connectivity index (χ0) is 15.9. The molecular formula is C19H25ClN2O. The molecule has 124 valence electrons. The molecule has 0 saturated heterocycles. The minimum atomic E-state index is 0. The van der Waals surface area contributed by atoms with E-state index in [2.05, 4.69) is 0 Å². The van der Waals surface area contributed by atoms with Crippen molar-refractivity contribution in [3.63, 3.8) is 0 Å². The highest BCUT2D eigenvalue weighted by atomic mass is 35.5. The van der Waals surface area contributed by atoms with Crippen molar-refractivity contribution >= 4 is 18.3 Å². The van der Waals surface area contributed by atoms with Crippen molar-refractivity contribution in [2.45, 2.75) is 26.8 Å². The number of carbonyl (C=O) groups excluding carboxylic acids is 1. The number of nitrogens with two attached hydrogens (primary N) is 1. The van der Waals surface area contributed by atoms with Crippen molar-refractivity contribution in [1.29, 1.82) is 0 Å². The molecule has 0 unspecified atom stereocenters. The molecular weight excluding hydrogens is 308 g/mol. The molecule has 0 heterocycles. The van der Waals surface area contributed by atoms with Gasteiger partial charge in [-0.25, -0.2) is 0 Å². The fourth-order valence-electron chi connectivity index (χ4n) is 2.49. The Hall–Kier alpha value is -1.84. The zero-order valence-electron chi connectivity index (χ0n) is 13.8. The highest BCUT2D eigenvalue weighted by Crippen LogP contribution is 2.17. The fourth-order valence-corrected chi connectivity index (χ4v) is 2.49. The molecule has 0 fully saturated rings. The van der Waals surface area contributed by atoms with Crippen molar-refractivity contribution < 1.29 is 4.79 Å². The molecule has 0 spiro atoms. The predicted octanol–water partition coefficient (Wildman–Crippen LogP) is 3.72. The molecule has 1 amide bonds. The third kappa shape index (κ3) is 5.08. The molecule has 0 aliphatic carbocycles. The molecule has 23 heavy (non-hydrogen) atoms. The van der Waals surface area contributed by atoms with Crippen LogP contribution in [0.25, 0.3) is 0 Å². The number of amides is 1. The summed E-state index contributed by atoms with van der Waals surface area (Å²) < 4.78 is 0. The van der Waals surface area contributed by atoms with Gasteiger partial charge < -0.3 is 10.6 Å². The number of aryl methyl sites for hydroxylation is 1. The van der Waals surface area contributed by atoms with Crippen LogP contribution in [0.1, 0.15) is 33.5 Å². The van der Waals surface area contributed by atoms with E-state index in [1.807, 2.05) is 67.3 Å². The lowest BCUT2D eigenvalue weighted by Crippen LogP contribution is -2.33. The van der Waals surface area contributed by atoms with Gasteiger partial charge in [0.05, 0.1) is 0 Å². The summed E-state index contributed by atoms with van der Waals surface area (Å²) in [6.07, 6.45) is 0.809. The van der Waals surface area contributed by atoms with Crippen LogP contribution in [-0.2, 0) is 6.54 Å². The Bertz CT molecular complexity index is 629. The van der Waals surface area contributed by atoms with Crippen molar-refractivity contribution in [2.24, 2.45) is 5.73 Å². The van der Waals surface area contributed by atoms with E-state index in [1.165, 1.54) is 0 Å². The maximum atomic E-state index is 12.9. The molecule has 0 radical (unpaired) electrons. The van der Waals surface area contributed by atoms with Gasteiger partial charge in [0.1, 0.15) is 0 Å². The summed E-state index contributed by atoms with van der Waals surface area (Å²) in [6, 6.07) is 16.0. The minimum Gasteiger partial charge on any atom is -0.334 e. The van der Waals surface area contributed by atoms with Crippen LogP contribution in [0, 0.1) is 13.8 Å². The molecule has 2 aromatic carbocycles. The lowest BCUT2D eigenvalue weighted by molar-refractivity contribution is 0.0741. The Morgan fingerprint density at radius 1 is 1.04 bits per heavy atom. The number of carbonyl (C=O) groups is 1. The van der Waals surface area contributed by atoms with Crippen LogP contribution in [0.15, 0.2) is 48.5 Å². The first-order valence-electron chi connectivity index (χ1n) is 7.73. The summed E-state index contributed by atoms with van der Waals surface area (Å²) >= 11 is 0. The molecule has 2 aromatic rings. The Labute approximate surface area is 144 Å². The van der Waals surface area contributed by atoms with Gasteiger partial charge in [-0.15, -0.1) is 12.4 Å². The zero-order valence-corrected chi connectivity index (χ0v) is 14.6. The first kappa shape index (κ1) is 19.2. The third-order valence-electron chi connectivity index (χ3n) is 3.97. The monoisotopic (exact) mass is 332 g/mol. The van der Waals surface area contributed by atoms with E-state index in [-0.39, 0.29) is 18.3 Å². The summed E-state index contributed by atoms with van der Waals surface area (Å²) in [5.41, 5.74) is 9.74. The maximum Gasteiger partial charge on any atom is 0.254 e. The van der Waals surface area contributed by atoms with E-state index in [1.54, 1.807) is 0 Å². The van der Waals surface area contributed by atoms with Gasteiger partial charge in [-0.05, 0) is 49.6 Å². The number of rotatable bonds is 6. The second kappa shape index (κ2) is 9.33. The summed E-state index contributed by atoms with van der Waals surface area (Å²) in [5, 5.41) is 0. The van der Waals surface area contributed by atoms with Gasteiger partial charge in [0.2, 0.25) is 0 Å². The van der Waals surface area contributed by atoms with Crippen LogP contribution in [-0.4, -0.2) is 23.9 Å².